The monoisotopic (exact) mass is 564 g/mol. The Bertz CT molecular complexity index is 1290. The average molecular weight is 564 g/mol. The number of imidazole rings is 1. The Kier molecular flexibility index (Phi) is 8.22. The SMILES string of the molecule is C[C@@H]1c2c(C(=O)O)nc(C(F)(F)F)n2CCN1C(=O)CC(Cc1cc(F)c(F)cc1F)NC(=O)OC(C)(C)C. The van der Waals surface area contributed by atoms with E-state index in [1.54, 1.807) is 20.8 Å². The molecule has 15 heteroatoms. The Morgan fingerprint density at radius 3 is 2.28 bits per heavy atom. The summed E-state index contributed by atoms with van der Waals surface area (Å²) in [5, 5.41) is 11.8. The molecule has 0 saturated carbocycles. The summed E-state index contributed by atoms with van der Waals surface area (Å²) in [6.07, 6.45) is -6.95. The van der Waals surface area contributed by atoms with Gasteiger partial charge in [-0.2, -0.15) is 13.2 Å². The molecule has 2 aromatic rings. The number of alkyl halides is 3. The van der Waals surface area contributed by atoms with E-state index in [0.717, 1.165) is 4.90 Å². The van der Waals surface area contributed by atoms with Crippen molar-refractivity contribution in [1.82, 2.24) is 19.8 Å². The summed E-state index contributed by atoms with van der Waals surface area (Å²) in [6, 6.07) is -1.48. The molecule has 2 heterocycles. The molecule has 39 heavy (non-hydrogen) atoms. The normalized spacial score (nSPS) is 16.5. The predicted octanol–water partition coefficient (Wildman–Crippen LogP) is 4.45. The van der Waals surface area contributed by atoms with Gasteiger partial charge in [0.1, 0.15) is 11.4 Å². The third-order valence-corrected chi connectivity index (χ3v) is 5.91. The van der Waals surface area contributed by atoms with Gasteiger partial charge in [0.2, 0.25) is 11.7 Å². The molecule has 1 aromatic carbocycles. The van der Waals surface area contributed by atoms with Crippen molar-refractivity contribution < 1.29 is 50.6 Å². The van der Waals surface area contributed by atoms with E-state index >= 15 is 0 Å². The van der Waals surface area contributed by atoms with E-state index in [4.69, 9.17) is 4.74 Å². The molecule has 2 atom stereocenters. The molecule has 1 aliphatic heterocycles. The topological polar surface area (TPSA) is 114 Å². The van der Waals surface area contributed by atoms with Crippen LogP contribution in [0.15, 0.2) is 12.1 Å². The number of nitrogens with zero attached hydrogens (tertiary/aromatic N) is 3. The number of carbonyl (C=O) groups excluding carboxylic acids is 2. The minimum Gasteiger partial charge on any atom is -0.476 e. The van der Waals surface area contributed by atoms with Crippen molar-refractivity contribution in [3.8, 4) is 0 Å². The van der Waals surface area contributed by atoms with Crippen molar-refractivity contribution in [2.45, 2.75) is 70.9 Å². The maximum absolute atomic E-state index is 14.3. The van der Waals surface area contributed by atoms with Crippen LogP contribution >= 0.6 is 0 Å². The van der Waals surface area contributed by atoms with E-state index in [1.807, 2.05) is 0 Å². The fraction of sp³-hybridized carbons (Fsp3) is 0.500. The van der Waals surface area contributed by atoms with Gasteiger partial charge in [-0.25, -0.2) is 27.7 Å². The average Bonchev–Trinajstić information content (AvgIpc) is 3.17. The molecule has 0 radical (unpaired) electrons. The molecule has 9 nitrogen and oxygen atoms in total. The van der Waals surface area contributed by atoms with Gasteiger partial charge < -0.3 is 24.6 Å². The number of ether oxygens (including phenoxy) is 1. The van der Waals surface area contributed by atoms with Gasteiger partial charge in [-0.15, -0.1) is 0 Å². The van der Waals surface area contributed by atoms with E-state index < -0.39 is 90.2 Å². The summed E-state index contributed by atoms with van der Waals surface area (Å²) in [4.78, 5) is 41.7. The number of carbonyl (C=O) groups is 3. The molecule has 1 aliphatic rings. The quantitative estimate of drug-likeness (QED) is 0.396. The molecule has 214 valence electrons. The second kappa shape index (κ2) is 10.8. The molecule has 1 unspecified atom stereocenters. The smallest absolute Gasteiger partial charge is 0.449 e. The third-order valence-electron chi connectivity index (χ3n) is 5.91. The van der Waals surface area contributed by atoms with Crippen LogP contribution in [0, 0.1) is 17.5 Å². The first-order valence-corrected chi connectivity index (χ1v) is 11.7. The van der Waals surface area contributed by atoms with Gasteiger partial charge >= 0.3 is 18.2 Å². The van der Waals surface area contributed by atoms with Crippen LogP contribution in [0.5, 0.6) is 0 Å². The molecule has 2 amide bonds. The fourth-order valence-corrected chi connectivity index (χ4v) is 4.34. The van der Waals surface area contributed by atoms with Crippen LogP contribution < -0.4 is 5.32 Å². The van der Waals surface area contributed by atoms with Crippen molar-refractivity contribution in [2.75, 3.05) is 6.54 Å². The van der Waals surface area contributed by atoms with Crippen molar-refractivity contribution in [3.05, 3.63) is 52.4 Å². The molecule has 3 rings (SSSR count). The summed E-state index contributed by atoms with van der Waals surface area (Å²) >= 11 is 0. The van der Waals surface area contributed by atoms with Gasteiger partial charge in [0.15, 0.2) is 17.3 Å². The number of carboxylic acid groups (broad SMARTS) is 1. The summed E-state index contributed by atoms with van der Waals surface area (Å²) in [7, 11) is 0. The lowest BCUT2D eigenvalue weighted by atomic mass is 10.0. The van der Waals surface area contributed by atoms with Crippen molar-refractivity contribution >= 4 is 18.0 Å². The number of carboxylic acids is 1. The van der Waals surface area contributed by atoms with E-state index in [9.17, 15) is 45.8 Å². The standard InChI is InChI=1S/C24H26F6N4O5/c1-11-19-18(20(36)37)32-21(24(28,29)30)34(19)6-5-33(11)17(35)9-13(31-22(38)39-23(2,3)4)7-12-8-15(26)16(27)10-14(12)25/h8,10-11,13H,5-7,9H2,1-4H3,(H,31,38)(H,36,37)/t11-,13?/m1/s1. The molecule has 0 saturated heterocycles. The van der Waals surface area contributed by atoms with Gasteiger partial charge in [0.05, 0.1) is 11.7 Å². The van der Waals surface area contributed by atoms with Gasteiger partial charge in [0.25, 0.3) is 0 Å². The van der Waals surface area contributed by atoms with Crippen molar-refractivity contribution in [3.63, 3.8) is 0 Å². The number of halogens is 6. The second-order valence-electron chi connectivity index (χ2n) is 10.00. The number of aromatic carboxylic acids is 1. The first-order chi connectivity index (χ1) is 17.9. The first-order valence-electron chi connectivity index (χ1n) is 11.7. The lowest BCUT2D eigenvalue weighted by Crippen LogP contribution is -2.47. The Hall–Kier alpha value is -3.78. The lowest BCUT2D eigenvalue weighted by molar-refractivity contribution is -0.148. The first kappa shape index (κ1) is 29.8. The second-order valence-corrected chi connectivity index (χ2v) is 10.00. The van der Waals surface area contributed by atoms with Crippen LogP contribution in [0.3, 0.4) is 0 Å². The van der Waals surface area contributed by atoms with Crippen molar-refractivity contribution in [1.29, 1.82) is 0 Å². The van der Waals surface area contributed by atoms with E-state index in [1.165, 1.54) is 6.92 Å². The molecule has 1 aromatic heterocycles. The van der Waals surface area contributed by atoms with Crippen LogP contribution in [0.1, 0.15) is 67.7 Å². The Labute approximate surface area is 218 Å². The number of fused-ring (bicyclic) bond motifs is 1. The number of nitrogens with one attached hydrogen (secondary N) is 1. The zero-order valence-corrected chi connectivity index (χ0v) is 21.3. The van der Waals surface area contributed by atoms with Gasteiger partial charge in [0, 0.05) is 31.6 Å². The predicted molar refractivity (Wildman–Crippen MR) is 122 cm³/mol. The largest absolute Gasteiger partial charge is 0.476 e. The maximum atomic E-state index is 14.3. The minimum absolute atomic E-state index is 0.260. The maximum Gasteiger partial charge on any atom is 0.449 e. The number of rotatable bonds is 6. The van der Waals surface area contributed by atoms with E-state index in [0.29, 0.717) is 16.7 Å². The third kappa shape index (κ3) is 6.81. The highest BCUT2D eigenvalue weighted by molar-refractivity contribution is 5.87. The molecule has 2 N–H and O–H groups in total. The van der Waals surface area contributed by atoms with Crippen LogP contribution in [0.2, 0.25) is 0 Å². The molecule has 0 bridgehead atoms. The minimum atomic E-state index is -4.94. The molecular formula is C24H26F6N4O5. The van der Waals surface area contributed by atoms with Gasteiger partial charge in [-0.1, -0.05) is 0 Å². The highest BCUT2D eigenvalue weighted by atomic mass is 19.4. The van der Waals surface area contributed by atoms with Crippen LogP contribution in [-0.2, 0) is 28.7 Å². The number of amides is 2. The number of hydrogen-bond acceptors (Lipinski definition) is 5. The fourth-order valence-electron chi connectivity index (χ4n) is 4.34. The highest BCUT2D eigenvalue weighted by Gasteiger charge is 2.44. The number of alkyl carbamates (subject to hydrolysis) is 1. The Morgan fingerprint density at radius 1 is 1.10 bits per heavy atom. The number of hydrogen-bond donors (Lipinski definition) is 2. The molecule has 0 aliphatic carbocycles. The lowest BCUT2D eigenvalue weighted by Gasteiger charge is -2.36. The number of benzene rings is 1. The summed E-state index contributed by atoms with van der Waals surface area (Å²) < 4.78 is 87.7. The molecular weight excluding hydrogens is 538 g/mol. The van der Waals surface area contributed by atoms with Crippen LogP contribution in [-0.4, -0.2) is 55.7 Å². The van der Waals surface area contributed by atoms with E-state index in [2.05, 4.69) is 10.3 Å². The Morgan fingerprint density at radius 2 is 1.72 bits per heavy atom. The summed E-state index contributed by atoms with van der Waals surface area (Å²) in [5.41, 5.74) is -2.50. The van der Waals surface area contributed by atoms with Crippen LogP contribution in [0.25, 0.3) is 0 Å². The summed E-state index contributed by atoms with van der Waals surface area (Å²) in [6.45, 7) is 5.34. The van der Waals surface area contributed by atoms with Gasteiger partial charge in [-0.05, 0) is 45.7 Å². The zero-order valence-electron chi connectivity index (χ0n) is 21.3. The Balaban J connectivity index is 1.90. The van der Waals surface area contributed by atoms with Crippen LogP contribution in [0.4, 0.5) is 31.1 Å². The summed E-state index contributed by atoms with van der Waals surface area (Å²) in [5.74, 6) is -7.77. The van der Waals surface area contributed by atoms with E-state index in [-0.39, 0.29) is 17.8 Å². The molecule has 0 fully saturated rings. The van der Waals surface area contributed by atoms with Crippen molar-refractivity contribution in [2.24, 2.45) is 0 Å². The zero-order chi connectivity index (χ0) is 29.4. The molecule has 0 spiro atoms. The number of aromatic nitrogens is 2. The van der Waals surface area contributed by atoms with Gasteiger partial charge in [-0.3, -0.25) is 4.79 Å². The highest BCUT2D eigenvalue weighted by Crippen LogP contribution is 2.36.